The number of hydrogen-bond acceptors (Lipinski definition) is 5. The van der Waals surface area contributed by atoms with Gasteiger partial charge in [0.15, 0.2) is 11.5 Å². The first kappa shape index (κ1) is 21.0. The molecule has 156 valence electrons. The van der Waals surface area contributed by atoms with Crippen molar-refractivity contribution >= 4 is 11.6 Å². The number of carbonyl (C=O) groups is 1. The van der Waals surface area contributed by atoms with Gasteiger partial charge < -0.3 is 24.2 Å². The molecule has 0 spiro atoms. The fourth-order valence-corrected chi connectivity index (χ4v) is 3.17. The summed E-state index contributed by atoms with van der Waals surface area (Å²) in [6.45, 7) is 0.313. The molecule has 0 heterocycles. The molecule has 3 aromatic carbocycles. The molecule has 0 saturated carbocycles. The molecule has 0 bridgehead atoms. The number of hydrogen-bond donors (Lipinski definition) is 1. The normalized spacial score (nSPS) is 10.4. The molecule has 1 amide bonds. The highest BCUT2D eigenvalue weighted by Gasteiger charge is 2.20. The number of para-hydroxylation sites is 2. The van der Waals surface area contributed by atoms with Crippen LogP contribution in [-0.2, 0) is 17.8 Å². The number of phenols is 1. The van der Waals surface area contributed by atoms with E-state index in [4.69, 9.17) is 14.2 Å². The molecule has 0 fully saturated rings. The van der Waals surface area contributed by atoms with Crippen LogP contribution in [0.25, 0.3) is 0 Å². The van der Waals surface area contributed by atoms with Crippen LogP contribution in [0.5, 0.6) is 23.0 Å². The predicted octanol–water partition coefficient (Wildman–Crippen LogP) is 4.19. The topological polar surface area (TPSA) is 68.2 Å². The van der Waals surface area contributed by atoms with E-state index in [1.165, 1.54) is 0 Å². The van der Waals surface area contributed by atoms with Crippen LogP contribution in [0.15, 0.2) is 66.7 Å². The van der Waals surface area contributed by atoms with Crippen LogP contribution in [0.3, 0.4) is 0 Å². The van der Waals surface area contributed by atoms with Gasteiger partial charge in [-0.1, -0.05) is 30.3 Å². The molecule has 3 rings (SSSR count). The van der Waals surface area contributed by atoms with Gasteiger partial charge in [0.05, 0.1) is 40.0 Å². The number of benzene rings is 3. The van der Waals surface area contributed by atoms with Crippen LogP contribution in [0.2, 0.25) is 0 Å². The quantitative estimate of drug-likeness (QED) is 0.606. The Morgan fingerprint density at radius 3 is 2.13 bits per heavy atom. The average molecular weight is 407 g/mol. The van der Waals surface area contributed by atoms with Gasteiger partial charge >= 0.3 is 0 Å². The summed E-state index contributed by atoms with van der Waals surface area (Å²) in [5.74, 6) is 1.80. The van der Waals surface area contributed by atoms with Gasteiger partial charge in [-0.25, -0.2) is 0 Å². The zero-order valence-electron chi connectivity index (χ0n) is 17.3. The van der Waals surface area contributed by atoms with Crippen LogP contribution in [0, 0.1) is 0 Å². The van der Waals surface area contributed by atoms with Gasteiger partial charge in [0.1, 0.15) is 11.5 Å². The molecular weight excluding hydrogens is 382 g/mol. The van der Waals surface area contributed by atoms with Gasteiger partial charge in [-0.05, 0) is 47.5 Å². The Morgan fingerprint density at radius 2 is 1.50 bits per heavy atom. The first-order valence-corrected chi connectivity index (χ1v) is 9.48. The van der Waals surface area contributed by atoms with E-state index >= 15 is 0 Å². The monoisotopic (exact) mass is 407 g/mol. The average Bonchev–Trinajstić information content (AvgIpc) is 2.78. The van der Waals surface area contributed by atoms with Gasteiger partial charge in [-0.15, -0.1) is 0 Å². The maximum atomic E-state index is 13.3. The standard InChI is InChI=1S/C24H25NO5/c1-28-19-11-8-17(9-12-19)16-25(20-6-4-5-7-21(20)26)24(27)15-18-10-13-22(29-2)23(14-18)30-3/h4-14,26H,15-16H2,1-3H3. The molecule has 0 unspecified atom stereocenters. The second-order valence-electron chi connectivity index (χ2n) is 6.68. The van der Waals surface area contributed by atoms with E-state index in [0.717, 1.165) is 16.9 Å². The lowest BCUT2D eigenvalue weighted by Crippen LogP contribution is -2.31. The summed E-state index contributed by atoms with van der Waals surface area (Å²) in [7, 11) is 4.73. The van der Waals surface area contributed by atoms with Crippen LogP contribution in [0.4, 0.5) is 5.69 Å². The number of rotatable bonds is 8. The van der Waals surface area contributed by atoms with E-state index in [-0.39, 0.29) is 18.1 Å². The summed E-state index contributed by atoms with van der Waals surface area (Å²) in [6, 6.07) is 19.7. The van der Waals surface area contributed by atoms with Gasteiger partial charge in [0.25, 0.3) is 0 Å². The highest BCUT2D eigenvalue weighted by atomic mass is 16.5. The fraction of sp³-hybridized carbons (Fsp3) is 0.208. The summed E-state index contributed by atoms with van der Waals surface area (Å²) in [6.07, 6.45) is 0.144. The lowest BCUT2D eigenvalue weighted by atomic mass is 10.1. The summed E-state index contributed by atoms with van der Waals surface area (Å²) >= 11 is 0. The maximum Gasteiger partial charge on any atom is 0.231 e. The molecule has 30 heavy (non-hydrogen) atoms. The van der Waals surface area contributed by atoms with E-state index in [2.05, 4.69) is 0 Å². The van der Waals surface area contributed by atoms with Crippen LogP contribution in [-0.4, -0.2) is 32.3 Å². The summed E-state index contributed by atoms with van der Waals surface area (Å²) in [4.78, 5) is 14.8. The molecular formula is C24H25NO5. The minimum absolute atomic E-state index is 0.0478. The predicted molar refractivity (Wildman–Crippen MR) is 116 cm³/mol. The minimum atomic E-state index is -0.153. The number of carbonyl (C=O) groups excluding carboxylic acids is 1. The fourth-order valence-electron chi connectivity index (χ4n) is 3.17. The lowest BCUT2D eigenvalue weighted by Gasteiger charge is -2.24. The molecule has 0 aliphatic rings. The van der Waals surface area contributed by atoms with Gasteiger partial charge in [-0.2, -0.15) is 0 Å². The Bertz CT molecular complexity index is 1000. The second kappa shape index (κ2) is 9.69. The number of anilines is 1. The van der Waals surface area contributed by atoms with E-state index in [0.29, 0.717) is 23.7 Å². The van der Waals surface area contributed by atoms with Crippen molar-refractivity contribution in [2.45, 2.75) is 13.0 Å². The molecule has 0 aliphatic heterocycles. The van der Waals surface area contributed by atoms with Gasteiger partial charge in [0.2, 0.25) is 5.91 Å². The molecule has 3 aromatic rings. The van der Waals surface area contributed by atoms with Crippen molar-refractivity contribution in [2.24, 2.45) is 0 Å². The number of amides is 1. The third kappa shape index (κ3) is 4.84. The van der Waals surface area contributed by atoms with E-state index in [1.54, 1.807) is 62.6 Å². The molecule has 0 aromatic heterocycles. The number of methoxy groups -OCH3 is 3. The summed E-state index contributed by atoms with van der Waals surface area (Å²) in [5, 5.41) is 10.4. The molecule has 1 N–H and O–H groups in total. The molecule has 0 saturated heterocycles. The highest BCUT2D eigenvalue weighted by Crippen LogP contribution is 2.31. The van der Waals surface area contributed by atoms with Crippen molar-refractivity contribution in [1.82, 2.24) is 0 Å². The van der Waals surface area contributed by atoms with Crippen molar-refractivity contribution in [3.8, 4) is 23.0 Å². The Morgan fingerprint density at radius 1 is 0.833 bits per heavy atom. The lowest BCUT2D eigenvalue weighted by molar-refractivity contribution is -0.118. The first-order valence-electron chi connectivity index (χ1n) is 9.48. The van der Waals surface area contributed by atoms with Crippen LogP contribution in [0.1, 0.15) is 11.1 Å². The Kier molecular flexibility index (Phi) is 6.80. The molecule has 0 atom stereocenters. The number of ether oxygens (including phenoxy) is 3. The van der Waals surface area contributed by atoms with E-state index in [1.807, 2.05) is 30.3 Å². The molecule has 6 nitrogen and oxygen atoms in total. The largest absolute Gasteiger partial charge is 0.506 e. The molecule has 6 heteroatoms. The van der Waals surface area contributed by atoms with Crippen LogP contribution >= 0.6 is 0 Å². The number of aromatic hydroxyl groups is 1. The number of nitrogens with zero attached hydrogens (tertiary/aromatic N) is 1. The summed E-state index contributed by atoms with van der Waals surface area (Å²) < 4.78 is 15.8. The van der Waals surface area contributed by atoms with Crippen molar-refractivity contribution in [2.75, 3.05) is 26.2 Å². The zero-order valence-corrected chi connectivity index (χ0v) is 17.3. The number of phenolic OH excluding ortho intramolecular Hbond substituents is 1. The Balaban J connectivity index is 1.89. The zero-order chi connectivity index (χ0) is 21.5. The van der Waals surface area contributed by atoms with Gasteiger partial charge in [0, 0.05) is 0 Å². The smallest absolute Gasteiger partial charge is 0.231 e. The maximum absolute atomic E-state index is 13.3. The third-order valence-corrected chi connectivity index (χ3v) is 4.78. The van der Waals surface area contributed by atoms with E-state index < -0.39 is 0 Å². The van der Waals surface area contributed by atoms with Crippen LogP contribution < -0.4 is 19.1 Å². The Labute approximate surface area is 176 Å². The first-order chi connectivity index (χ1) is 14.5. The van der Waals surface area contributed by atoms with Crippen molar-refractivity contribution in [1.29, 1.82) is 0 Å². The molecule has 0 radical (unpaired) electrons. The minimum Gasteiger partial charge on any atom is -0.506 e. The van der Waals surface area contributed by atoms with Crippen molar-refractivity contribution in [3.05, 3.63) is 77.9 Å². The highest BCUT2D eigenvalue weighted by molar-refractivity contribution is 5.96. The van der Waals surface area contributed by atoms with Crippen molar-refractivity contribution < 1.29 is 24.1 Å². The summed E-state index contributed by atoms with van der Waals surface area (Å²) in [5.41, 5.74) is 2.16. The molecule has 0 aliphatic carbocycles. The van der Waals surface area contributed by atoms with Crippen molar-refractivity contribution in [3.63, 3.8) is 0 Å². The third-order valence-electron chi connectivity index (χ3n) is 4.78. The van der Waals surface area contributed by atoms with E-state index in [9.17, 15) is 9.90 Å². The van der Waals surface area contributed by atoms with Gasteiger partial charge in [-0.3, -0.25) is 4.79 Å². The SMILES string of the molecule is COc1ccc(CN(C(=O)Cc2ccc(OC)c(OC)c2)c2ccccc2O)cc1. The second-order valence-corrected chi connectivity index (χ2v) is 6.68. The Hall–Kier alpha value is -3.67.